The molecule has 0 saturated carbocycles. The van der Waals surface area contributed by atoms with Crippen molar-refractivity contribution >= 4 is 17.2 Å². The van der Waals surface area contributed by atoms with Crippen molar-refractivity contribution in [1.82, 2.24) is 9.80 Å². The topological polar surface area (TPSA) is 49.6 Å². The van der Waals surface area contributed by atoms with Crippen LogP contribution in [-0.2, 0) is 4.79 Å². The summed E-state index contributed by atoms with van der Waals surface area (Å²) in [6.45, 7) is 2.47. The first-order valence-corrected chi connectivity index (χ1v) is 7.09. The van der Waals surface area contributed by atoms with Gasteiger partial charge in [0.2, 0.25) is 5.91 Å². The lowest BCUT2D eigenvalue weighted by atomic mass is 9.99. The molecule has 2 N–H and O–H groups in total. The summed E-state index contributed by atoms with van der Waals surface area (Å²) in [7, 11) is 5.50. The second-order valence-electron chi connectivity index (χ2n) is 4.78. The number of nitrogens with two attached hydrogens (primary N) is 1. The number of carbonyl (C=O) groups is 1. The van der Waals surface area contributed by atoms with Gasteiger partial charge in [0.25, 0.3) is 0 Å². The van der Waals surface area contributed by atoms with E-state index >= 15 is 0 Å². The molecule has 0 bridgehead atoms. The fourth-order valence-electron chi connectivity index (χ4n) is 1.95. The molecule has 0 spiro atoms. The van der Waals surface area contributed by atoms with E-state index in [1.807, 2.05) is 17.3 Å². The van der Waals surface area contributed by atoms with Crippen LogP contribution in [-0.4, -0.2) is 49.4 Å². The van der Waals surface area contributed by atoms with Crippen molar-refractivity contribution in [2.45, 2.75) is 25.4 Å². The summed E-state index contributed by atoms with van der Waals surface area (Å²) in [5.41, 5.74) is 7.40. The number of rotatable bonds is 6. The minimum absolute atomic E-state index is 0.0413. The van der Waals surface area contributed by atoms with Crippen LogP contribution in [0.4, 0.5) is 0 Å². The zero-order chi connectivity index (χ0) is 13.7. The fourth-order valence-corrected chi connectivity index (χ4v) is 2.64. The molecule has 0 fully saturated rings. The van der Waals surface area contributed by atoms with Gasteiger partial charge < -0.3 is 10.6 Å². The first-order valence-electron chi connectivity index (χ1n) is 6.15. The van der Waals surface area contributed by atoms with Crippen LogP contribution < -0.4 is 5.73 Å². The fraction of sp³-hybridized carbons (Fsp3) is 0.615. The van der Waals surface area contributed by atoms with Gasteiger partial charge >= 0.3 is 0 Å². The smallest absolute Gasteiger partial charge is 0.236 e. The summed E-state index contributed by atoms with van der Waals surface area (Å²) in [5, 5.41) is 4.16. The van der Waals surface area contributed by atoms with Crippen LogP contribution in [0.25, 0.3) is 0 Å². The maximum absolute atomic E-state index is 11.8. The molecule has 1 heterocycles. The summed E-state index contributed by atoms with van der Waals surface area (Å²) >= 11 is 1.66. The number of carbonyl (C=O) groups excluding carboxylic acids is 1. The van der Waals surface area contributed by atoms with Gasteiger partial charge in [-0.2, -0.15) is 11.3 Å². The highest BCUT2D eigenvalue weighted by Gasteiger charge is 2.25. The molecular formula is C13H23N3OS. The van der Waals surface area contributed by atoms with Gasteiger partial charge in [-0.3, -0.25) is 9.69 Å². The largest absolute Gasteiger partial charge is 0.348 e. The molecule has 0 aliphatic rings. The Bertz CT molecular complexity index is 364. The summed E-state index contributed by atoms with van der Waals surface area (Å²) in [4.78, 5) is 15.4. The van der Waals surface area contributed by atoms with E-state index < -0.39 is 0 Å². The number of likely N-dealkylation sites (N-methyl/N-ethyl adjacent to an activating group) is 2. The van der Waals surface area contributed by atoms with Gasteiger partial charge in [0.1, 0.15) is 0 Å². The molecule has 0 aliphatic carbocycles. The Hall–Kier alpha value is -0.910. The average molecular weight is 269 g/mol. The Morgan fingerprint density at radius 3 is 2.56 bits per heavy atom. The van der Waals surface area contributed by atoms with Crippen molar-refractivity contribution in [3.8, 4) is 0 Å². The Morgan fingerprint density at radius 1 is 1.44 bits per heavy atom. The predicted octanol–water partition coefficient (Wildman–Crippen LogP) is 1.55. The van der Waals surface area contributed by atoms with E-state index in [2.05, 4.69) is 18.4 Å². The standard InChI is InChI=1S/C13H23N3OS/c1-5-11(14)13(10-6-7-18-9-10)16(4)8-12(17)15(2)3/h6-7,9,11,13H,5,8,14H2,1-4H3. The van der Waals surface area contributed by atoms with E-state index in [1.165, 1.54) is 5.56 Å². The molecule has 2 unspecified atom stereocenters. The Morgan fingerprint density at radius 2 is 2.11 bits per heavy atom. The van der Waals surface area contributed by atoms with E-state index in [9.17, 15) is 4.79 Å². The van der Waals surface area contributed by atoms with Gasteiger partial charge in [-0.25, -0.2) is 0 Å². The molecule has 0 radical (unpaired) electrons. The van der Waals surface area contributed by atoms with E-state index in [0.717, 1.165) is 6.42 Å². The Labute approximate surface area is 113 Å². The molecule has 1 aromatic rings. The molecule has 0 saturated heterocycles. The van der Waals surface area contributed by atoms with Gasteiger partial charge in [-0.1, -0.05) is 6.92 Å². The van der Waals surface area contributed by atoms with Gasteiger partial charge in [0.05, 0.1) is 12.6 Å². The molecule has 102 valence electrons. The van der Waals surface area contributed by atoms with Gasteiger partial charge in [0.15, 0.2) is 0 Å². The van der Waals surface area contributed by atoms with Gasteiger partial charge in [-0.05, 0) is 35.9 Å². The predicted molar refractivity (Wildman–Crippen MR) is 76.7 cm³/mol. The molecular weight excluding hydrogens is 246 g/mol. The maximum Gasteiger partial charge on any atom is 0.236 e. The lowest BCUT2D eigenvalue weighted by molar-refractivity contribution is -0.130. The highest BCUT2D eigenvalue weighted by molar-refractivity contribution is 7.07. The van der Waals surface area contributed by atoms with E-state index in [4.69, 9.17) is 5.73 Å². The summed E-state index contributed by atoms with van der Waals surface area (Å²) in [5.74, 6) is 0.0982. The molecule has 18 heavy (non-hydrogen) atoms. The van der Waals surface area contributed by atoms with Crippen LogP contribution in [0.5, 0.6) is 0 Å². The van der Waals surface area contributed by atoms with Gasteiger partial charge in [0, 0.05) is 20.1 Å². The van der Waals surface area contributed by atoms with Crippen LogP contribution in [0.15, 0.2) is 16.8 Å². The Balaban J connectivity index is 2.81. The van der Waals surface area contributed by atoms with Crippen LogP contribution >= 0.6 is 11.3 Å². The molecule has 1 aromatic heterocycles. The van der Waals surface area contributed by atoms with Crippen molar-refractivity contribution < 1.29 is 4.79 Å². The minimum atomic E-state index is 0.0413. The number of nitrogens with zero attached hydrogens (tertiary/aromatic N) is 2. The minimum Gasteiger partial charge on any atom is -0.348 e. The first-order chi connectivity index (χ1) is 8.47. The second kappa shape index (κ2) is 6.87. The third-order valence-electron chi connectivity index (χ3n) is 3.12. The third kappa shape index (κ3) is 3.80. The third-order valence-corrected chi connectivity index (χ3v) is 3.82. The van der Waals surface area contributed by atoms with Gasteiger partial charge in [-0.15, -0.1) is 0 Å². The maximum atomic E-state index is 11.8. The molecule has 0 aliphatic heterocycles. The van der Waals surface area contributed by atoms with Crippen molar-refractivity contribution in [3.05, 3.63) is 22.4 Å². The van der Waals surface area contributed by atoms with E-state index in [-0.39, 0.29) is 18.0 Å². The quantitative estimate of drug-likeness (QED) is 0.852. The van der Waals surface area contributed by atoms with Crippen molar-refractivity contribution in [1.29, 1.82) is 0 Å². The molecule has 1 rings (SSSR count). The van der Waals surface area contributed by atoms with Crippen molar-refractivity contribution in [3.63, 3.8) is 0 Å². The molecule has 5 heteroatoms. The summed E-state index contributed by atoms with van der Waals surface area (Å²) in [6, 6.07) is 2.23. The summed E-state index contributed by atoms with van der Waals surface area (Å²) in [6.07, 6.45) is 0.890. The number of amides is 1. The van der Waals surface area contributed by atoms with Crippen molar-refractivity contribution in [2.75, 3.05) is 27.7 Å². The highest BCUT2D eigenvalue weighted by atomic mass is 32.1. The van der Waals surface area contributed by atoms with Crippen molar-refractivity contribution in [2.24, 2.45) is 5.73 Å². The summed E-state index contributed by atoms with van der Waals surface area (Å²) < 4.78 is 0. The molecule has 0 aromatic carbocycles. The number of thiophene rings is 1. The molecule has 1 amide bonds. The lowest BCUT2D eigenvalue weighted by Gasteiger charge is -2.32. The van der Waals surface area contributed by atoms with Crippen LogP contribution in [0, 0.1) is 0 Å². The molecule has 2 atom stereocenters. The van der Waals surface area contributed by atoms with Crippen LogP contribution in [0.1, 0.15) is 24.9 Å². The van der Waals surface area contributed by atoms with E-state index in [0.29, 0.717) is 6.54 Å². The monoisotopic (exact) mass is 269 g/mol. The SMILES string of the molecule is CCC(N)C(c1ccsc1)N(C)CC(=O)N(C)C. The zero-order valence-corrected chi connectivity index (χ0v) is 12.4. The van der Waals surface area contributed by atoms with Crippen LogP contribution in [0.3, 0.4) is 0 Å². The lowest BCUT2D eigenvalue weighted by Crippen LogP contribution is -2.43. The number of hydrogen-bond acceptors (Lipinski definition) is 4. The van der Waals surface area contributed by atoms with E-state index in [1.54, 1.807) is 30.3 Å². The highest BCUT2D eigenvalue weighted by Crippen LogP contribution is 2.25. The molecule has 4 nitrogen and oxygen atoms in total. The average Bonchev–Trinajstić information content (AvgIpc) is 2.82. The van der Waals surface area contributed by atoms with Crippen LogP contribution in [0.2, 0.25) is 0 Å². The second-order valence-corrected chi connectivity index (χ2v) is 5.56. The zero-order valence-electron chi connectivity index (χ0n) is 11.6. The normalized spacial score (nSPS) is 14.6. The number of hydrogen-bond donors (Lipinski definition) is 1. The first kappa shape index (κ1) is 15.1. The Kier molecular flexibility index (Phi) is 5.78.